The molecule has 2 aromatic carbocycles. The van der Waals surface area contributed by atoms with Crippen molar-refractivity contribution < 1.29 is 14.0 Å². The minimum Gasteiger partial charge on any atom is -0.336 e. The maximum Gasteiger partial charge on any atom is 0.253 e. The lowest BCUT2D eigenvalue weighted by Gasteiger charge is -2.34. The number of benzene rings is 2. The molecule has 2 aromatic rings. The van der Waals surface area contributed by atoms with E-state index < -0.39 is 5.82 Å². The van der Waals surface area contributed by atoms with Crippen molar-refractivity contribution in [1.29, 1.82) is 0 Å². The molecular weight excluding hydrogens is 404 g/mol. The van der Waals surface area contributed by atoms with Crippen LogP contribution in [0, 0.1) is 5.82 Å². The second kappa shape index (κ2) is 9.37. The number of nitrogens with one attached hydrogen (secondary N) is 1. The van der Waals surface area contributed by atoms with Crippen LogP contribution in [-0.2, 0) is 4.79 Å². The van der Waals surface area contributed by atoms with Crippen molar-refractivity contribution in [3.05, 3.63) is 63.9 Å². The van der Waals surface area contributed by atoms with E-state index in [0.717, 1.165) is 6.07 Å². The summed E-state index contributed by atoms with van der Waals surface area (Å²) in [5.74, 6) is -0.844. The highest BCUT2D eigenvalue weighted by Gasteiger charge is 2.22. The summed E-state index contributed by atoms with van der Waals surface area (Å²) in [6.07, 6.45) is 0.243. The molecule has 1 saturated heterocycles. The predicted molar refractivity (Wildman–Crippen MR) is 108 cm³/mol. The summed E-state index contributed by atoms with van der Waals surface area (Å²) in [5.41, 5.74) is 0.731. The van der Waals surface area contributed by atoms with Gasteiger partial charge in [-0.05, 0) is 42.5 Å². The molecule has 1 fully saturated rings. The number of anilines is 1. The SMILES string of the molecule is O=C(CCN1CCN(C(=O)c2ccc(Cl)cc2)CC1)Nc1ccc(Cl)cc1F. The third kappa shape index (κ3) is 5.44. The number of piperazine rings is 1. The minimum atomic E-state index is -0.560. The van der Waals surface area contributed by atoms with Crippen LogP contribution in [0.25, 0.3) is 0 Å². The van der Waals surface area contributed by atoms with Crippen LogP contribution in [-0.4, -0.2) is 54.3 Å². The lowest BCUT2D eigenvalue weighted by Crippen LogP contribution is -2.49. The molecule has 0 spiro atoms. The molecular formula is C20H20Cl2FN3O2. The Balaban J connectivity index is 1.43. The number of amides is 2. The Morgan fingerprint density at radius 3 is 2.25 bits per heavy atom. The molecule has 0 saturated carbocycles. The topological polar surface area (TPSA) is 52.7 Å². The standard InChI is InChI=1S/C20H20Cl2FN3O2/c21-15-3-1-14(2-4-15)20(28)26-11-9-25(10-12-26)8-7-19(27)24-18-6-5-16(22)13-17(18)23/h1-6,13H,7-12H2,(H,24,27). The Morgan fingerprint density at radius 1 is 0.964 bits per heavy atom. The van der Waals surface area contributed by atoms with E-state index in [1.807, 2.05) is 0 Å². The summed E-state index contributed by atoms with van der Waals surface area (Å²) >= 11 is 11.6. The minimum absolute atomic E-state index is 0.0210. The van der Waals surface area contributed by atoms with E-state index in [0.29, 0.717) is 43.3 Å². The normalized spacial score (nSPS) is 14.8. The van der Waals surface area contributed by atoms with Crippen LogP contribution in [0.1, 0.15) is 16.8 Å². The van der Waals surface area contributed by atoms with E-state index in [1.54, 1.807) is 29.2 Å². The Bertz CT molecular complexity index is 853. The van der Waals surface area contributed by atoms with Gasteiger partial charge in [-0.2, -0.15) is 0 Å². The van der Waals surface area contributed by atoms with E-state index >= 15 is 0 Å². The lowest BCUT2D eigenvalue weighted by molar-refractivity contribution is -0.116. The molecule has 0 atom stereocenters. The number of hydrogen-bond donors (Lipinski definition) is 1. The number of rotatable bonds is 5. The van der Waals surface area contributed by atoms with E-state index in [9.17, 15) is 14.0 Å². The summed E-state index contributed by atoms with van der Waals surface area (Å²) in [6.45, 7) is 3.09. The van der Waals surface area contributed by atoms with Gasteiger partial charge in [0.2, 0.25) is 5.91 Å². The van der Waals surface area contributed by atoms with E-state index in [1.165, 1.54) is 12.1 Å². The molecule has 28 heavy (non-hydrogen) atoms. The Morgan fingerprint density at radius 2 is 1.61 bits per heavy atom. The fourth-order valence-corrected chi connectivity index (χ4v) is 3.30. The second-order valence-corrected chi connectivity index (χ2v) is 7.44. The summed E-state index contributed by atoms with van der Waals surface area (Å²) in [6, 6.07) is 11.0. The van der Waals surface area contributed by atoms with Crippen LogP contribution in [0.3, 0.4) is 0 Å². The highest BCUT2D eigenvalue weighted by molar-refractivity contribution is 6.31. The van der Waals surface area contributed by atoms with Gasteiger partial charge in [0.1, 0.15) is 5.82 Å². The maximum absolute atomic E-state index is 13.7. The summed E-state index contributed by atoms with van der Waals surface area (Å²) in [5, 5.41) is 3.43. The van der Waals surface area contributed by atoms with Gasteiger partial charge < -0.3 is 10.2 Å². The zero-order chi connectivity index (χ0) is 20.1. The van der Waals surface area contributed by atoms with Gasteiger partial charge in [0.25, 0.3) is 5.91 Å². The monoisotopic (exact) mass is 423 g/mol. The van der Waals surface area contributed by atoms with E-state index in [2.05, 4.69) is 10.2 Å². The van der Waals surface area contributed by atoms with Crippen LogP contribution < -0.4 is 5.32 Å². The van der Waals surface area contributed by atoms with Gasteiger partial charge in [0.05, 0.1) is 5.69 Å². The van der Waals surface area contributed by atoms with Crippen LogP contribution in [0.4, 0.5) is 10.1 Å². The molecule has 148 valence electrons. The zero-order valence-electron chi connectivity index (χ0n) is 15.1. The first-order valence-corrected chi connectivity index (χ1v) is 9.70. The fourth-order valence-electron chi connectivity index (χ4n) is 3.01. The van der Waals surface area contributed by atoms with Crippen molar-refractivity contribution in [2.75, 3.05) is 38.0 Å². The first-order chi connectivity index (χ1) is 13.4. The van der Waals surface area contributed by atoms with E-state index in [-0.39, 0.29) is 28.9 Å². The van der Waals surface area contributed by atoms with Gasteiger partial charge in [-0.3, -0.25) is 14.5 Å². The van der Waals surface area contributed by atoms with Crippen LogP contribution in [0.5, 0.6) is 0 Å². The number of nitrogens with zero attached hydrogens (tertiary/aromatic N) is 2. The average molecular weight is 424 g/mol. The molecule has 0 unspecified atom stereocenters. The van der Waals surface area contributed by atoms with Gasteiger partial charge in [-0.15, -0.1) is 0 Å². The Hall–Kier alpha value is -2.15. The molecule has 0 aliphatic carbocycles. The van der Waals surface area contributed by atoms with Gasteiger partial charge >= 0.3 is 0 Å². The molecule has 1 heterocycles. The Kier molecular flexibility index (Phi) is 6.88. The van der Waals surface area contributed by atoms with Gasteiger partial charge in [-0.1, -0.05) is 23.2 Å². The molecule has 1 N–H and O–H groups in total. The molecule has 1 aliphatic heterocycles. The first kappa shape index (κ1) is 20.6. The van der Waals surface area contributed by atoms with Gasteiger partial charge in [0, 0.05) is 54.8 Å². The molecule has 8 heteroatoms. The van der Waals surface area contributed by atoms with Gasteiger partial charge in [0.15, 0.2) is 0 Å². The average Bonchev–Trinajstić information content (AvgIpc) is 2.69. The van der Waals surface area contributed by atoms with Crippen molar-refractivity contribution in [3.8, 4) is 0 Å². The molecule has 5 nitrogen and oxygen atoms in total. The van der Waals surface area contributed by atoms with Crippen molar-refractivity contribution in [3.63, 3.8) is 0 Å². The highest BCUT2D eigenvalue weighted by Crippen LogP contribution is 2.19. The van der Waals surface area contributed by atoms with Crippen molar-refractivity contribution in [2.45, 2.75) is 6.42 Å². The quantitative estimate of drug-likeness (QED) is 0.792. The largest absolute Gasteiger partial charge is 0.336 e. The molecule has 2 amide bonds. The van der Waals surface area contributed by atoms with Crippen LogP contribution in [0.2, 0.25) is 10.0 Å². The van der Waals surface area contributed by atoms with Gasteiger partial charge in [-0.25, -0.2) is 4.39 Å². The second-order valence-electron chi connectivity index (χ2n) is 6.56. The summed E-state index contributed by atoms with van der Waals surface area (Å²) in [7, 11) is 0. The number of carbonyl (C=O) groups excluding carboxylic acids is 2. The van der Waals surface area contributed by atoms with Crippen molar-refractivity contribution in [1.82, 2.24) is 9.80 Å². The van der Waals surface area contributed by atoms with Crippen molar-refractivity contribution >= 4 is 40.7 Å². The highest BCUT2D eigenvalue weighted by atomic mass is 35.5. The zero-order valence-corrected chi connectivity index (χ0v) is 16.6. The fraction of sp³-hybridized carbons (Fsp3) is 0.300. The van der Waals surface area contributed by atoms with Crippen molar-refractivity contribution in [2.24, 2.45) is 0 Å². The third-order valence-electron chi connectivity index (χ3n) is 4.61. The molecule has 0 bridgehead atoms. The molecule has 3 rings (SSSR count). The number of halogens is 3. The lowest BCUT2D eigenvalue weighted by atomic mass is 10.2. The summed E-state index contributed by atoms with van der Waals surface area (Å²) in [4.78, 5) is 28.5. The summed E-state index contributed by atoms with van der Waals surface area (Å²) < 4.78 is 13.7. The van der Waals surface area contributed by atoms with E-state index in [4.69, 9.17) is 23.2 Å². The Labute approximate surface area is 173 Å². The predicted octanol–water partition coefficient (Wildman–Crippen LogP) is 3.92. The first-order valence-electron chi connectivity index (χ1n) is 8.94. The number of carbonyl (C=O) groups is 2. The molecule has 1 aliphatic rings. The number of hydrogen-bond acceptors (Lipinski definition) is 3. The molecule has 0 radical (unpaired) electrons. The molecule has 0 aromatic heterocycles. The third-order valence-corrected chi connectivity index (χ3v) is 5.10. The maximum atomic E-state index is 13.7. The van der Waals surface area contributed by atoms with Crippen LogP contribution in [0.15, 0.2) is 42.5 Å². The smallest absolute Gasteiger partial charge is 0.253 e. The van der Waals surface area contributed by atoms with Crippen LogP contribution >= 0.6 is 23.2 Å².